The van der Waals surface area contributed by atoms with Crippen LogP contribution >= 0.6 is 11.6 Å². The molecule has 11 nitrogen and oxygen atoms in total. The SMILES string of the molecule is CC(C)(C)OC(=O)NCCNc1ccccc1C1CCN(C(=O)[C@@H](Cc2ccc(Cl)cc2)NC(=O)C2Cc3ccccc3CN2C(=O)O)CC1. The number of amides is 4. The van der Waals surface area contributed by atoms with E-state index in [-0.39, 0.29) is 31.2 Å². The predicted octanol–water partition coefficient (Wildman–Crippen LogP) is 5.82. The van der Waals surface area contributed by atoms with Crippen LogP contribution in [0.5, 0.6) is 0 Å². The number of halogens is 1. The Balaban J connectivity index is 1.24. The van der Waals surface area contributed by atoms with Crippen LogP contribution in [0.2, 0.25) is 5.02 Å². The monoisotopic (exact) mass is 703 g/mol. The second-order valence-corrected chi connectivity index (χ2v) is 14.3. The smallest absolute Gasteiger partial charge is 0.408 e. The summed E-state index contributed by atoms with van der Waals surface area (Å²) >= 11 is 6.12. The number of carboxylic acid groups (broad SMARTS) is 1. The molecule has 0 spiro atoms. The van der Waals surface area contributed by atoms with Crippen molar-refractivity contribution < 1.29 is 29.0 Å². The van der Waals surface area contributed by atoms with Gasteiger partial charge in [0.1, 0.15) is 17.7 Å². The Bertz CT molecular complexity index is 1670. The molecule has 0 aliphatic carbocycles. The third-order valence-electron chi connectivity index (χ3n) is 9.08. The molecule has 2 aliphatic rings. The summed E-state index contributed by atoms with van der Waals surface area (Å²) in [5.74, 6) is -0.493. The zero-order valence-electron chi connectivity index (χ0n) is 28.8. The number of carbonyl (C=O) groups is 4. The number of para-hydroxylation sites is 1. The first kappa shape index (κ1) is 36.5. The maximum absolute atomic E-state index is 14.1. The van der Waals surface area contributed by atoms with Crippen molar-refractivity contribution in [3.05, 3.63) is 100 Å². The summed E-state index contributed by atoms with van der Waals surface area (Å²) < 4.78 is 5.31. The maximum Gasteiger partial charge on any atom is 0.408 e. The molecule has 4 N–H and O–H groups in total. The zero-order chi connectivity index (χ0) is 35.8. The fourth-order valence-electron chi connectivity index (χ4n) is 6.60. The number of rotatable bonds is 10. The van der Waals surface area contributed by atoms with Gasteiger partial charge in [0.05, 0.1) is 6.54 Å². The summed E-state index contributed by atoms with van der Waals surface area (Å²) in [5, 5.41) is 19.7. The molecule has 0 bridgehead atoms. The van der Waals surface area contributed by atoms with Crippen LogP contribution in [-0.4, -0.2) is 82.8 Å². The van der Waals surface area contributed by atoms with E-state index in [0.29, 0.717) is 31.2 Å². The molecule has 1 unspecified atom stereocenters. The van der Waals surface area contributed by atoms with Crippen molar-refractivity contribution in [2.45, 2.75) is 76.6 Å². The molecule has 0 aromatic heterocycles. The van der Waals surface area contributed by atoms with E-state index < -0.39 is 35.8 Å². The highest BCUT2D eigenvalue weighted by molar-refractivity contribution is 6.30. The molecule has 2 aliphatic heterocycles. The van der Waals surface area contributed by atoms with Gasteiger partial charge >= 0.3 is 12.2 Å². The number of nitrogens with zero attached hydrogens (tertiary/aromatic N) is 2. The molecule has 1 fully saturated rings. The number of hydrogen-bond acceptors (Lipinski definition) is 6. The molecule has 4 amide bonds. The Labute approximate surface area is 298 Å². The Morgan fingerprint density at radius 2 is 1.58 bits per heavy atom. The summed E-state index contributed by atoms with van der Waals surface area (Å²) in [6.07, 6.45) is 0.284. The van der Waals surface area contributed by atoms with Gasteiger partial charge in [-0.1, -0.05) is 66.2 Å². The van der Waals surface area contributed by atoms with Gasteiger partial charge in [0.15, 0.2) is 0 Å². The van der Waals surface area contributed by atoms with Gasteiger partial charge in [-0.15, -0.1) is 0 Å². The van der Waals surface area contributed by atoms with E-state index in [2.05, 4.69) is 22.0 Å². The van der Waals surface area contributed by atoms with Crippen molar-refractivity contribution in [3.8, 4) is 0 Å². The minimum absolute atomic E-state index is 0.101. The number of nitrogens with one attached hydrogen (secondary N) is 3. The molecule has 0 saturated carbocycles. The Kier molecular flexibility index (Phi) is 11.9. The minimum Gasteiger partial charge on any atom is -0.465 e. The Hall–Kier alpha value is -4.77. The second kappa shape index (κ2) is 16.3. The minimum atomic E-state index is -1.18. The lowest BCUT2D eigenvalue weighted by molar-refractivity contribution is -0.138. The fraction of sp³-hybridized carbons (Fsp3) is 0.421. The van der Waals surface area contributed by atoms with Gasteiger partial charge in [0, 0.05) is 49.7 Å². The van der Waals surface area contributed by atoms with Gasteiger partial charge in [0.2, 0.25) is 11.8 Å². The molecule has 50 heavy (non-hydrogen) atoms. The average Bonchev–Trinajstić information content (AvgIpc) is 3.09. The first-order valence-corrected chi connectivity index (χ1v) is 17.5. The van der Waals surface area contributed by atoms with Crippen molar-refractivity contribution in [2.75, 3.05) is 31.5 Å². The van der Waals surface area contributed by atoms with Crippen LogP contribution in [0.1, 0.15) is 61.8 Å². The normalized spacial score (nSPS) is 16.9. The van der Waals surface area contributed by atoms with Gasteiger partial charge in [-0.2, -0.15) is 0 Å². The third kappa shape index (κ3) is 9.68. The molecule has 1 saturated heterocycles. The summed E-state index contributed by atoms with van der Waals surface area (Å²) in [6.45, 7) is 7.49. The summed E-state index contributed by atoms with van der Waals surface area (Å²) in [5.41, 5.74) is 4.17. The molecule has 5 rings (SSSR count). The third-order valence-corrected chi connectivity index (χ3v) is 9.33. The molecule has 12 heteroatoms. The molecule has 266 valence electrons. The average molecular weight is 704 g/mol. The summed E-state index contributed by atoms with van der Waals surface area (Å²) in [6, 6.07) is 20.9. The molecule has 2 heterocycles. The van der Waals surface area contributed by atoms with Gasteiger partial charge in [-0.25, -0.2) is 9.59 Å². The lowest BCUT2D eigenvalue weighted by atomic mass is 9.88. The molecule has 3 aromatic carbocycles. The molecule has 2 atom stereocenters. The number of fused-ring (bicyclic) bond motifs is 1. The Morgan fingerprint density at radius 1 is 0.920 bits per heavy atom. The maximum atomic E-state index is 14.1. The fourth-order valence-corrected chi connectivity index (χ4v) is 6.73. The van der Waals surface area contributed by atoms with E-state index in [1.807, 2.05) is 75.4 Å². The molecular weight excluding hydrogens is 658 g/mol. The number of ether oxygens (including phenoxy) is 1. The number of benzene rings is 3. The van der Waals surface area contributed by atoms with E-state index in [4.69, 9.17) is 16.3 Å². The number of carbonyl (C=O) groups excluding carboxylic acids is 3. The van der Waals surface area contributed by atoms with Crippen molar-refractivity contribution in [3.63, 3.8) is 0 Å². The zero-order valence-corrected chi connectivity index (χ0v) is 29.5. The van der Waals surface area contributed by atoms with Crippen LogP contribution < -0.4 is 16.0 Å². The quantitative estimate of drug-likeness (QED) is 0.195. The van der Waals surface area contributed by atoms with Gasteiger partial charge < -0.3 is 30.7 Å². The molecular formula is C38H46ClN5O6. The van der Waals surface area contributed by atoms with Crippen LogP contribution in [0, 0.1) is 0 Å². The first-order chi connectivity index (χ1) is 23.9. The van der Waals surface area contributed by atoms with Crippen molar-refractivity contribution in [1.82, 2.24) is 20.4 Å². The van der Waals surface area contributed by atoms with Crippen molar-refractivity contribution in [2.24, 2.45) is 0 Å². The first-order valence-electron chi connectivity index (χ1n) is 17.1. The van der Waals surface area contributed by atoms with Crippen molar-refractivity contribution >= 4 is 41.3 Å². The van der Waals surface area contributed by atoms with E-state index in [1.165, 1.54) is 0 Å². The highest BCUT2D eigenvalue weighted by atomic mass is 35.5. The summed E-state index contributed by atoms with van der Waals surface area (Å²) in [4.78, 5) is 55.1. The highest BCUT2D eigenvalue weighted by Gasteiger charge is 2.37. The number of piperidine rings is 1. The lowest BCUT2D eigenvalue weighted by Gasteiger charge is -2.37. The summed E-state index contributed by atoms with van der Waals surface area (Å²) in [7, 11) is 0. The van der Waals surface area contributed by atoms with Gasteiger partial charge in [-0.3, -0.25) is 14.5 Å². The van der Waals surface area contributed by atoms with E-state index in [0.717, 1.165) is 45.7 Å². The molecule has 0 radical (unpaired) electrons. The van der Waals surface area contributed by atoms with Crippen LogP contribution in [0.25, 0.3) is 0 Å². The van der Waals surface area contributed by atoms with E-state index in [1.54, 1.807) is 17.0 Å². The Morgan fingerprint density at radius 3 is 2.26 bits per heavy atom. The van der Waals surface area contributed by atoms with Crippen LogP contribution in [0.15, 0.2) is 72.8 Å². The largest absolute Gasteiger partial charge is 0.465 e. The van der Waals surface area contributed by atoms with Crippen LogP contribution in [-0.2, 0) is 33.7 Å². The van der Waals surface area contributed by atoms with Crippen LogP contribution in [0.3, 0.4) is 0 Å². The number of anilines is 1. The van der Waals surface area contributed by atoms with Crippen LogP contribution in [0.4, 0.5) is 15.3 Å². The van der Waals surface area contributed by atoms with E-state index in [9.17, 15) is 24.3 Å². The van der Waals surface area contributed by atoms with Gasteiger partial charge in [-0.05, 0) is 80.0 Å². The molecule has 3 aromatic rings. The van der Waals surface area contributed by atoms with E-state index >= 15 is 0 Å². The number of alkyl carbamates (subject to hydrolysis) is 1. The van der Waals surface area contributed by atoms with Gasteiger partial charge in [0.25, 0.3) is 0 Å². The predicted molar refractivity (Wildman–Crippen MR) is 192 cm³/mol. The highest BCUT2D eigenvalue weighted by Crippen LogP contribution is 2.33. The topological polar surface area (TPSA) is 140 Å². The number of hydrogen-bond donors (Lipinski definition) is 4. The second-order valence-electron chi connectivity index (χ2n) is 13.8. The standard InChI is InChI=1S/C38H46ClN5O6/c1-38(2,3)50-36(47)41-19-18-40-31-11-7-6-10-30(31)26-16-20-43(21-17-26)35(46)32(22-25-12-14-29(39)15-13-25)42-34(45)33-23-27-8-4-5-9-28(27)24-44(33)37(48)49/h4-15,26,32-33,40H,16-24H2,1-3H3,(H,41,47)(H,42,45)(H,48,49)/t32-,33?/m1/s1. The number of likely N-dealkylation sites (tertiary alicyclic amines) is 1. The lowest BCUT2D eigenvalue weighted by Crippen LogP contribution is -2.58. The van der Waals surface area contributed by atoms with Crippen molar-refractivity contribution in [1.29, 1.82) is 0 Å².